The zero-order valence-electron chi connectivity index (χ0n) is 25.6. The molecule has 2 aromatic rings. The predicted octanol–water partition coefficient (Wildman–Crippen LogP) is 5.04. The number of aromatic nitrogens is 2. The highest BCUT2D eigenvalue weighted by atomic mass is 32.1. The van der Waals surface area contributed by atoms with Crippen LogP contribution in [0.4, 0.5) is 9.59 Å². The van der Waals surface area contributed by atoms with E-state index in [2.05, 4.69) is 39.8 Å². The van der Waals surface area contributed by atoms with Gasteiger partial charge in [0.15, 0.2) is 0 Å². The number of thiazole rings is 2. The van der Waals surface area contributed by atoms with Gasteiger partial charge in [0, 0.05) is 36.6 Å². The van der Waals surface area contributed by atoms with E-state index in [9.17, 15) is 14.4 Å². The van der Waals surface area contributed by atoms with Gasteiger partial charge in [0.2, 0.25) is 5.91 Å². The lowest BCUT2D eigenvalue weighted by molar-refractivity contribution is -0.131. The summed E-state index contributed by atoms with van der Waals surface area (Å²) in [4.78, 5) is 49.5. The van der Waals surface area contributed by atoms with Crippen LogP contribution in [0, 0.1) is 0 Å². The molecule has 0 bridgehead atoms. The van der Waals surface area contributed by atoms with Gasteiger partial charge in [-0.05, 0) is 54.4 Å². The Bertz CT molecular complexity index is 1100. The Morgan fingerprint density at radius 1 is 1.00 bits per heavy atom. The summed E-state index contributed by atoms with van der Waals surface area (Å²) >= 11 is 2.99. The van der Waals surface area contributed by atoms with Gasteiger partial charge >= 0.3 is 12.1 Å². The van der Waals surface area contributed by atoms with Crippen molar-refractivity contribution in [3.05, 3.63) is 32.7 Å². The van der Waals surface area contributed by atoms with E-state index in [1.54, 1.807) is 37.0 Å². The number of ether oxygens (including phenoxy) is 2. The molecule has 41 heavy (non-hydrogen) atoms. The molecule has 2 aromatic heterocycles. The van der Waals surface area contributed by atoms with E-state index in [1.807, 2.05) is 40.0 Å². The van der Waals surface area contributed by atoms with Crippen molar-refractivity contribution in [2.24, 2.45) is 0 Å². The van der Waals surface area contributed by atoms with E-state index in [1.165, 1.54) is 16.2 Å². The molecule has 0 radical (unpaired) electrons. The van der Waals surface area contributed by atoms with Crippen molar-refractivity contribution < 1.29 is 23.9 Å². The second kappa shape index (κ2) is 16.0. The van der Waals surface area contributed by atoms with Crippen LogP contribution in [0.25, 0.3) is 0 Å². The Morgan fingerprint density at radius 2 is 1.66 bits per heavy atom. The van der Waals surface area contributed by atoms with Gasteiger partial charge in [-0.3, -0.25) is 9.78 Å². The molecule has 0 aliphatic carbocycles. The average molecular weight is 611 g/mol. The van der Waals surface area contributed by atoms with Gasteiger partial charge in [-0.15, -0.1) is 22.7 Å². The number of nitrogens with zero attached hydrogens (tertiary/aromatic N) is 3. The highest BCUT2D eigenvalue weighted by Crippen LogP contribution is 2.20. The van der Waals surface area contributed by atoms with E-state index < -0.39 is 29.9 Å². The monoisotopic (exact) mass is 610 g/mol. The normalized spacial score (nSPS) is 14.6. The molecule has 0 aliphatic rings. The molecular formula is C28H46N6O5S2. The lowest BCUT2D eigenvalue weighted by Crippen LogP contribution is -2.57. The molecule has 0 saturated heterocycles. The number of hydrogen-bond donors (Lipinski definition) is 3. The number of nitrogens with one attached hydrogen (secondary N) is 3. The highest BCUT2D eigenvalue weighted by molar-refractivity contribution is 7.09. The Balaban J connectivity index is 1.91. The van der Waals surface area contributed by atoms with Crippen LogP contribution in [0.5, 0.6) is 0 Å². The number of hydrogen-bond acceptors (Lipinski definition) is 9. The van der Waals surface area contributed by atoms with Crippen molar-refractivity contribution in [2.75, 3.05) is 7.05 Å². The predicted molar refractivity (Wildman–Crippen MR) is 162 cm³/mol. The maximum atomic E-state index is 13.4. The Morgan fingerprint density at radius 3 is 2.22 bits per heavy atom. The number of carbonyl (C=O) groups is 3. The van der Waals surface area contributed by atoms with Crippen LogP contribution in [-0.2, 0) is 27.4 Å². The van der Waals surface area contributed by atoms with Gasteiger partial charge < -0.3 is 30.3 Å². The summed E-state index contributed by atoms with van der Waals surface area (Å²) in [7, 11) is 1.67. The number of carbonyl (C=O) groups excluding carboxylic acids is 3. The fraction of sp³-hybridized carbons (Fsp3) is 0.679. The molecule has 4 amide bonds. The number of rotatable bonds is 14. The number of amides is 4. The summed E-state index contributed by atoms with van der Waals surface area (Å²) in [5.74, 6) is -0.0172. The topological polar surface area (TPSA) is 135 Å². The van der Waals surface area contributed by atoms with Crippen LogP contribution in [-0.4, -0.2) is 69.8 Å². The van der Waals surface area contributed by atoms with Crippen LogP contribution in [0.3, 0.4) is 0 Å². The van der Waals surface area contributed by atoms with Crippen molar-refractivity contribution in [1.82, 2.24) is 30.8 Å². The second-order valence-corrected chi connectivity index (χ2v) is 13.5. The van der Waals surface area contributed by atoms with Crippen molar-refractivity contribution in [2.45, 2.75) is 117 Å². The minimum Gasteiger partial charge on any atom is -0.444 e. The van der Waals surface area contributed by atoms with Gasteiger partial charge in [0.25, 0.3) is 0 Å². The molecule has 0 spiro atoms. The van der Waals surface area contributed by atoms with Gasteiger partial charge in [-0.2, -0.15) is 0 Å². The lowest BCUT2D eigenvalue weighted by atomic mass is 10.1. The largest absolute Gasteiger partial charge is 0.444 e. The van der Waals surface area contributed by atoms with Crippen molar-refractivity contribution in [3.63, 3.8) is 0 Å². The van der Waals surface area contributed by atoms with E-state index >= 15 is 0 Å². The molecule has 4 atom stereocenters. The minimum absolute atomic E-state index is 0.155. The smallest absolute Gasteiger partial charge is 0.407 e. The standard InChI is InChI=1S/C28H46N6O5S2/c1-17(2)25-32-21(15-40-25)13-34(9)26(36)33-23(20(5)39-28(6,7)8)24(35)30-18(3)10-11-19(4)31-27(37)38-14-22-12-29-16-41-22/h12,15-20,23H,10-11,13-14H2,1-9H3,(H,30,35)(H,31,37)(H,33,36). The number of alkyl carbamates (subject to hydrolysis) is 1. The number of urea groups is 1. The average Bonchev–Trinajstić information content (AvgIpc) is 3.56. The first-order valence-electron chi connectivity index (χ1n) is 13.9. The van der Waals surface area contributed by atoms with Crippen molar-refractivity contribution in [1.29, 1.82) is 0 Å². The summed E-state index contributed by atoms with van der Waals surface area (Å²) in [6.07, 6.45) is 1.81. The summed E-state index contributed by atoms with van der Waals surface area (Å²) < 4.78 is 11.3. The van der Waals surface area contributed by atoms with Gasteiger partial charge in [0.1, 0.15) is 12.6 Å². The third-order valence-corrected chi connectivity index (χ3v) is 7.94. The second-order valence-electron chi connectivity index (χ2n) is 11.6. The first-order chi connectivity index (χ1) is 19.1. The maximum Gasteiger partial charge on any atom is 0.407 e. The van der Waals surface area contributed by atoms with Crippen LogP contribution in [0.15, 0.2) is 17.1 Å². The third-order valence-electron chi connectivity index (χ3n) is 5.99. The van der Waals surface area contributed by atoms with Crippen LogP contribution < -0.4 is 16.0 Å². The van der Waals surface area contributed by atoms with Crippen molar-refractivity contribution >= 4 is 40.7 Å². The lowest BCUT2D eigenvalue weighted by Gasteiger charge is -2.32. The van der Waals surface area contributed by atoms with Gasteiger partial charge in [-0.25, -0.2) is 14.6 Å². The quantitative estimate of drug-likeness (QED) is 0.273. The minimum atomic E-state index is -0.912. The van der Waals surface area contributed by atoms with Crippen LogP contribution in [0.1, 0.15) is 89.7 Å². The van der Waals surface area contributed by atoms with E-state index in [4.69, 9.17) is 9.47 Å². The van der Waals surface area contributed by atoms with Crippen LogP contribution in [0.2, 0.25) is 0 Å². The Kier molecular flexibility index (Phi) is 13.5. The molecule has 0 aromatic carbocycles. The third kappa shape index (κ3) is 12.7. The van der Waals surface area contributed by atoms with E-state index in [0.717, 1.165) is 15.6 Å². The summed E-state index contributed by atoms with van der Waals surface area (Å²) in [6.45, 7) is 15.9. The molecule has 230 valence electrons. The molecular weight excluding hydrogens is 564 g/mol. The fourth-order valence-corrected chi connectivity index (χ4v) is 5.24. The van der Waals surface area contributed by atoms with Gasteiger partial charge in [-0.1, -0.05) is 13.8 Å². The zero-order valence-corrected chi connectivity index (χ0v) is 27.3. The fourth-order valence-electron chi connectivity index (χ4n) is 3.91. The molecule has 11 nitrogen and oxygen atoms in total. The highest BCUT2D eigenvalue weighted by Gasteiger charge is 2.32. The summed E-state index contributed by atoms with van der Waals surface area (Å²) in [6, 6.07) is -1.66. The van der Waals surface area contributed by atoms with Gasteiger partial charge in [0.05, 0.1) is 39.3 Å². The summed E-state index contributed by atoms with van der Waals surface area (Å²) in [5, 5.41) is 11.6. The molecule has 3 N–H and O–H groups in total. The van der Waals surface area contributed by atoms with Crippen LogP contribution >= 0.6 is 22.7 Å². The molecule has 0 saturated carbocycles. The maximum absolute atomic E-state index is 13.4. The molecule has 2 rings (SSSR count). The molecule has 0 aliphatic heterocycles. The Hall–Kier alpha value is -2.77. The first kappa shape index (κ1) is 34.4. The SMILES string of the molecule is CC(CCC(C)NC(=O)C(NC(=O)N(C)Cc1csc(C(C)C)n1)C(C)OC(C)(C)C)NC(=O)OCc1cncs1. The Labute approximate surface area is 251 Å². The molecule has 4 unspecified atom stereocenters. The first-order valence-corrected chi connectivity index (χ1v) is 15.6. The van der Waals surface area contributed by atoms with Crippen molar-refractivity contribution in [3.8, 4) is 0 Å². The zero-order chi connectivity index (χ0) is 30.7. The molecule has 13 heteroatoms. The van der Waals surface area contributed by atoms with E-state index in [0.29, 0.717) is 25.3 Å². The van der Waals surface area contributed by atoms with E-state index in [-0.39, 0.29) is 24.6 Å². The molecule has 2 heterocycles. The summed E-state index contributed by atoms with van der Waals surface area (Å²) in [5.41, 5.74) is 1.98. The molecule has 0 fully saturated rings.